The minimum absolute atomic E-state index is 0.0133. The standard InChI is InChI=1S/C24H18BrNO/c1-17-7-13-22(14-8-17)26-23(19-5-3-2-4-6-19)16-20(24(26)27)15-18-9-11-21(25)12-10-18/h2-16H,1H3/b20-15+. The highest BCUT2D eigenvalue weighted by Gasteiger charge is 2.30. The van der Waals surface area contributed by atoms with E-state index >= 15 is 0 Å². The fourth-order valence-electron chi connectivity index (χ4n) is 3.13. The van der Waals surface area contributed by atoms with E-state index < -0.39 is 0 Å². The average Bonchev–Trinajstić information content (AvgIpc) is 3.01. The third-order valence-corrected chi connectivity index (χ3v) is 5.07. The molecule has 1 heterocycles. The first kappa shape index (κ1) is 17.5. The summed E-state index contributed by atoms with van der Waals surface area (Å²) in [6, 6.07) is 26.0. The van der Waals surface area contributed by atoms with Crippen molar-refractivity contribution < 1.29 is 4.79 Å². The molecule has 0 aromatic heterocycles. The number of carbonyl (C=O) groups excluding carboxylic acids is 1. The van der Waals surface area contributed by atoms with Crippen LogP contribution in [0.1, 0.15) is 16.7 Å². The Bertz CT molecular complexity index is 1030. The van der Waals surface area contributed by atoms with Crippen LogP contribution in [0.25, 0.3) is 11.8 Å². The van der Waals surface area contributed by atoms with E-state index in [1.54, 1.807) is 4.90 Å². The second-order valence-corrected chi connectivity index (χ2v) is 7.44. The Balaban J connectivity index is 1.80. The molecule has 0 spiro atoms. The van der Waals surface area contributed by atoms with Crippen LogP contribution in [-0.2, 0) is 4.79 Å². The zero-order chi connectivity index (χ0) is 18.8. The summed E-state index contributed by atoms with van der Waals surface area (Å²) in [6.07, 6.45) is 3.91. The smallest absolute Gasteiger partial charge is 0.262 e. The van der Waals surface area contributed by atoms with Crippen molar-refractivity contribution in [3.63, 3.8) is 0 Å². The van der Waals surface area contributed by atoms with Gasteiger partial charge in [0.05, 0.1) is 5.70 Å². The molecule has 27 heavy (non-hydrogen) atoms. The number of amides is 1. The molecule has 1 aliphatic rings. The molecule has 1 amide bonds. The molecule has 0 saturated carbocycles. The highest BCUT2D eigenvalue weighted by Crippen LogP contribution is 2.35. The van der Waals surface area contributed by atoms with Crippen LogP contribution in [0.3, 0.4) is 0 Å². The molecule has 2 nitrogen and oxygen atoms in total. The lowest BCUT2D eigenvalue weighted by Crippen LogP contribution is -2.24. The lowest BCUT2D eigenvalue weighted by molar-refractivity contribution is -0.113. The van der Waals surface area contributed by atoms with Gasteiger partial charge < -0.3 is 0 Å². The molecule has 4 rings (SSSR count). The monoisotopic (exact) mass is 415 g/mol. The van der Waals surface area contributed by atoms with Gasteiger partial charge in [-0.3, -0.25) is 9.69 Å². The van der Waals surface area contributed by atoms with Gasteiger partial charge in [0, 0.05) is 15.7 Å². The number of nitrogens with zero attached hydrogens (tertiary/aromatic N) is 1. The number of carbonyl (C=O) groups is 1. The van der Waals surface area contributed by atoms with Crippen LogP contribution in [0, 0.1) is 6.92 Å². The van der Waals surface area contributed by atoms with Crippen molar-refractivity contribution in [2.24, 2.45) is 0 Å². The van der Waals surface area contributed by atoms with Crippen molar-refractivity contribution in [2.45, 2.75) is 6.92 Å². The zero-order valence-corrected chi connectivity index (χ0v) is 16.5. The lowest BCUT2D eigenvalue weighted by Gasteiger charge is -2.21. The third kappa shape index (κ3) is 3.64. The van der Waals surface area contributed by atoms with Crippen molar-refractivity contribution in [1.29, 1.82) is 0 Å². The average molecular weight is 416 g/mol. The summed E-state index contributed by atoms with van der Waals surface area (Å²) in [5.41, 5.74) is 5.63. The predicted molar refractivity (Wildman–Crippen MR) is 115 cm³/mol. The van der Waals surface area contributed by atoms with Gasteiger partial charge in [0.15, 0.2) is 0 Å². The number of benzene rings is 3. The summed E-state index contributed by atoms with van der Waals surface area (Å²) in [4.78, 5) is 15.0. The highest BCUT2D eigenvalue weighted by atomic mass is 79.9. The van der Waals surface area contributed by atoms with Gasteiger partial charge in [0.2, 0.25) is 0 Å². The van der Waals surface area contributed by atoms with E-state index in [4.69, 9.17) is 0 Å². The molecule has 1 aliphatic heterocycles. The Morgan fingerprint density at radius 1 is 0.852 bits per heavy atom. The molecule has 0 fully saturated rings. The van der Waals surface area contributed by atoms with Crippen molar-refractivity contribution in [3.8, 4) is 0 Å². The molecule has 3 aromatic rings. The van der Waals surface area contributed by atoms with Gasteiger partial charge in [-0.25, -0.2) is 0 Å². The number of hydrogen-bond acceptors (Lipinski definition) is 1. The lowest BCUT2D eigenvalue weighted by atomic mass is 10.1. The molecule has 3 heteroatoms. The molecule has 0 bridgehead atoms. The molecule has 0 saturated heterocycles. The molecular formula is C24H18BrNO. The number of hydrogen-bond donors (Lipinski definition) is 0. The van der Waals surface area contributed by atoms with Crippen molar-refractivity contribution in [3.05, 3.63) is 112 Å². The maximum Gasteiger partial charge on any atom is 0.262 e. The highest BCUT2D eigenvalue weighted by molar-refractivity contribution is 9.10. The van der Waals surface area contributed by atoms with Crippen LogP contribution in [0.5, 0.6) is 0 Å². The molecule has 0 aliphatic carbocycles. The van der Waals surface area contributed by atoms with Crippen molar-refractivity contribution in [2.75, 3.05) is 4.90 Å². The van der Waals surface area contributed by atoms with Gasteiger partial charge in [0.1, 0.15) is 0 Å². The second kappa shape index (κ2) is 7.37. The van der Waals surface area contributed by atoms with Gasteiger partial charge in [0.25, 0.3) is 5.91 Å². The first-order valence-electron chi connectivity index (χ1n) is 8.77. The topological polar surface area (TPSA) is 20.3 Å². The summed E-state index contributed by atoms with van der Waals surface area (Å²) in [5, 5.41) is 0. The van der Waals surface area contributed by atoms with E-state index in [0.29, 0.717) is 5.57 Å². The van der Waals surface area contributed by atoms with E-state index in [1.165, 1.54) is 5.56 Å². The fourth-order valence-corrected chi connectivity index (χ4v) is 3.39. The summed E-state index contributed by atoms with van der Waals surface area (Å²) in [5.74, 6) is -0.0133. The molecule has 0 atom stereocenters. The minimum atomic E-state index is -0.0133. The minimum Gasteiger partial charge on any atom is -0.276 e. The summed E-state index contributed by atoms with van der Waals surface area (Å²) >= 11 is 3.45. The van der Waals surface area contributed by atoms with E-state index in [-0.39, 0.29) is 5.91 Å². The summed E-state index contributed by atoms with van der Waals surface area (Å²) in [7, 11) is 0. The second-order valence-electron chi connectivity index (χ2n) is 6.52. The Hall–Kier alpha value is -2.91. The third-order valence-electron chi connectivity index (χ3n) is 4.54. The zero-order valence-electron chi connectivity index (χ0n) is 14.9. The molecule has 0 N–H and O–H groups in total. The molecule has 0 unspecified atom stereocenters. The summed E-state index contributed by atoms with van der Waals surface area (Å²) in [6.45, 7) is 2.04. The summed E-state index contributed by atoms with van der Waals surface area (Å²) < 4.78 is 1.02. The Morgan fingerprint density at radius 3 is 2.19 bits per heavy atom. The van der Waals surface area contributed by atoms with Gasteiger partial charge in [-0.05, 0) is 54.5 Å². The Morgan fingerprint density at radius 2 is 1.52 bits per heavy atom. The number of halogens is 1. The van der Waals surface area contributed by atoms with Crippen LogP contribution < -0.4 is 4.90 Å². The van der Waals surface area contributed by atoms with Crippen LogP contribution in [-0.4, -0.2) is 5.91 Å². The fraction of sp³-hybridized carbons (Fsp3) is 0.0417. The van der Waals surface area contributed by atoms with Gasteiger partial charge >= 0.3 is 0 Å². The van der Waals surface area contributed by atoms with Crippen molar-refractivity contribution in [1.82, 2.24) is 0 Å². The normalized spacial score (nSPS) is 15.3. The maximum absolute atomic E-state index is 13.2. The van der Waals surface area contributed by atoms with Crippen LogP contribution in [0.4, 0.5) is 5.69 Å². The number of anilines is 1. The molecule has 0 radical (unpaired) electrons. The number of aryl methyl sites for hydroxylation is 1. The molecule has 3 aromatic carbocycles. The van der Waals surface area contributed by atoms with Crippen LogP contribution >= 0.6 is 15.9 Å². The molecular weight excluding hydrogens is 398 g/mol. The number of rotatable bonds is 3. The quantitative estimate of drug-likeness (QED) is 0.464. The van der Waals surface area contributed by atoms with E-state index in [2.05, 4.69) is 15.9 Å². The van der Waals surface area contributed by atoms with E-state index in [1.807, 2.05) is 97.9 Å². The van der Waals surface area contributed by atoms with Gasteiger partial charge in [-0.15, -0.1) is 0 Å². The van der Waals surface area contributed by atoms with Crippen LogP contribution in [0.2, 0.25) is 0 Å². The van der Waals surface area contributed by atoms with E-state index in [0.717, 1.165) is 27.0 Å². The van der Waals surface area contributed by atoms with E-state index in [9.17, 15) is 4.79 Å². The van der Waals surface area contributed by atoms with Gasteiger partial charge in [-0.1, -0.05) is 76.1 Å². The SMILES string of the molecule is Cc1ccc(N2C(=O)/C(=C/c3ccc(Br)cc3)C=C2c2ccccc2)cc1. The first-order valence-corrected chi connectivity index (χ1v) is 9.57. The maximum atomic E-state index is 13.2. The van der Waals surface area contributed by atoms with Crippen molar-refractivity contribution >= 4 is 39.3 Å². The Kier molecular flexibility index (Phi) is 4.78. The Labute approximate surface area is 167 Å². The largest absolute Gasteiger partial charge is 0.276 e. The van der Waals surface area contributed by atoms with Gasteiger partial charge in [-0.2, -0.15) is 0 Å². The first-order chi connectivity index (χ1) is 13.1. The molecule has 132 valence electrons. The van der Waals surface area contributed by atoms with Crippen LogP contribution in [0.15, 0.2) is 95.0 Å². The predicted octanol–water partition coefficient (Wildman–Crippen LogP) is 6.23.